The number of halogens is 2. The second kappa shape index (κ2) is 9.64. The molecule has 1 unspecified atom stereocenters. The minimum Gasteiger partial charge on any atom is -0.350 e. The van der Waals surface area contributed by atoms with Crippen LogP contribution in [0.3, 0.4) is 0 Å². The number of aromatic nitrogens is 2. The lowest BCUT2D eigenvalue weighted by Gasteiger charge is -2.23. The van der Waals surface area contributed by atoms with Crippen molar-refractivity contribution in [2.45, 2.75) is 25.4 Å². The molecule has 3 heterocycles. The number of hydrogen-bond acceptors (Lipinski definition) is 6. The van der Waals surface area contributed by atoms with Crippen LogP contribution < -0.4 is 10.6 Å². The molecule has 4 rings (SSSR count). The number of thiazole rings is 1. The van der Waals surface area contributed by atoms with E-state index < -0.39 is 6.04 Å². The molecule has 1 fully saturated rings. The van der Waals surface area contributed by atoms with Gasteiger partial charge in [0.1, 0.15) is 11.7 Å². The summed E-state index contributed by atoms with van der Waals surface area (Å²) in [5, 5.41) is 9.16. The Labute approximate surface area is 193 Å². The van der Waals surface area contributed by atoms with Crippen molar-refractivity contribution in [3.63, 3.8) is 0 Å². The van der Waals surface area contributed by atoms with Gasteiger partial charge in [-0.2, -0.15) is 0 Å². The number of amides is 2. The molecule has 0 bridgehead atoms. The zero-order chi connectivity index (χ0) is 21.8. The van der Waals surface area contributed by atoms with Gasteiger partial charge in [0.2, 0.25) is 5.91 Å². The number of carbonyl (C=O) groups is 2. The minimum atomic E-state index is -0.498. The van der Waals surface area contributed by atoms with Gasteiger partial charge in [0, 0.05) is 36.6 Å². The first kappa shape index (κ1) is 21.5. The van der Waals surface area contributed by atoms with Gasteiger partial charge in [-0.05, 0) is 48.7 Å². The lowest BCUT2D eigenvalue weighted by molar-refractivity contribution is -0.125. The van der Waals surface area contributed by atoms with E-state index in [0.717, 1.165) is 17.7 Å². The molecule has 0 spiro atoms. The molecular weight excluding hydrogens is 457 g/mol. The van der Waals surface area contributed by atoms with Crippen LogP contribution in [-0.2, 0) is 11.3 Å². The number of hydrogen-bond donors (Lipinski definition) is 2. The molecule has 0 aliphatic carbocycles. The van der Waals surface area contributed by atoms with Crippen LogP contribution >= 0.6 is 34.5 Å². The predicted molar refractivity (Wildman–Crippen MR) is 122 cm³/mol. The quantitative estimate of drug-likeness (QED) is 0.547. The number of benzene rings is 1. The SMILES string of the molecule is O=C(NCc1ccncc1)C1CCCN1C(=O)c1csc(Nc2ccc(Cl)c(Cl)c2)n1. The average Bonchev–Trinajstić information content (AvgIpc) is 3.45. The zero-order valence-electron chi connectivity index (χ0n) is 16.3. The fourth-order valence-corrected chi connectivity index (χ4v) is 4.37. The minimum absolute atomic E-state index is 0.160. The summed E-state index contributed by atoms with van der Waals surface area (Å²) in [4.78, 5) is 35.7. The van der Waals surface area contributed by atoms with Crippen molar-refractivity contribution in [3.8, 4) is 0 Å². The van der Waals surface area contributed by atoms with Crippen LogP contribution in [0.2, 0.25) is 10.0 Å². The maximum Gasteiger partial charge on any atom is 0.274 e. The number of nitrogens with zero attached hydrogens (tertiary/aromatic N) is 3. The van der Waals surface area contributed by atoms with Crippen molar-refractivity contribution < 1.29 is 9.59 Å². The third-order valence-corrected chi connectivity index (χ3v) is 6.42. The molecule has 31 heavy (non-hydrogen) atoms. The average molecular weight is 476 g/mol. The highest BCUT2D eigenvalue weighted by Crippen LogP contribution is 2.29. The second-order valence-electron chi connectivity index (χ2n) is 7.02. The summed E-state index contributed by atoms with van der Waals surface area (Å²) in [6, 6.07) is 8.34. The van der Waals surface area contributed by atoms with E-state index in [4.69, 9.17) is 23.2 Å². The highest BCUT2D eigenvalue weighted by molar-refractivity contribution is 7.14. The van der Waals surface area contributed by atoms with E-state index in [0.29, 0.717) is 40.4 Å². The van der Waals surface area contributed by atoms with E-state index in [1.807, 2.05) is 12.1 Å². The Kier molecular flexibility index (Phi) is 6.70. The zero-order valence-corrected chi connectivity index (χ0v) is 18.7. The van der Waals surface area contributed by atoms with Gasteiger partial charge in [0.15, 0.2) is 5.13 Å². The fourth-order valence-electron chi connectivity index (χ4n) is 3.36. The Morgan fingerprint density at radius 3 is 2.74 bits per heavy atom. The van der Waals surface area contributed by atoms with Gasteiger partial charge in [-0.25, -0.2) is 4.98 Å². The number of anilines is 2. The van der Waals surface area contributed by atoms with Crippen LogP contribution in [0.25, 0.3) is 0 Å². The van der Waals surface area contributed by atoms with E-state index in [9.17, 15) is 9.59 Å². The summed E-state index contributed by atoms with van der Waals surface area (Å²) in [6.45, 7) is 0.924. The van der Waals surface area contributed by atoms with Gasteiger partial charge in [-0.3, -0.25) is 14.6 Å². The first-order valence-electron chi connectivity index (χ1n) is 9.66. The first-order valence-corrected chi connectivity index (χ1v) is 11.3. The molecule has 1 saturated heterocycles. The molecule has 7 nitrogen and oxygen atoms in total. The Morgan fingerprint density at radius 2 is 1.97 bits per heavy atom. The normalized spacial score (nSPS) is 15.7. The van der Waals surface area contributed by atoms with Gasteiger partial charge in [-0.1, -0.05) is 23.2 Å². The number of pyridine rings is 1. The molecule has 1 aliphatic heterocycles. The highest BCUT2D eigenvalue weighted by Gasteiger charge is 2.35. The summed E-state index contributed by atoms with van der Waals surface area (Å²) in [5.41, 5.74) is 1.98. The molecule has 10 heteroatoms. The third-order valence-electron chi connectivity index (χ3n) is 4.93. The number of nitrogens with one attached hydrogen (secondary N) is 2. The maximum absolute atomic E-state index is 13.0. The topological polar surface area (TPSA) is 87.2 Å². The standard InChI is InChI=1S/C21H19Cl2N5O2S/c22-15-4-3-14(10-16(15)23)26-21-27-17(12-31-21)20(30)28-9-1-2-18(28)19(29)25-11-13-5-7-24-8-6-13/h3-8,10,12,18H,1-2,9,11H2,(H,25,29)(H,26,27). The summed E-state index contributed by atoms with van der Waals surface area (Å²) in [6.07, 6.45) is 4.77. The number of likely N-dealkylation sites (tertiary alicyclic amines) is 1. The van der Waals surface area contributed by atoms with Gasteiger partial charge in [0.25, 0.3) is 5.91 Å². The van der Waals surface area contributed by atoms with Crippen molar-refractivity contribution in [2.24, 2.45) is 0 Å². The number of carbonyl (C=O) groups excluding carboxylic acids is 2. The van der Waals surface area contributed by atoms with Crippen LogP contribution in [0.15, 0.2) is 48.1 Å². The van der Waals surface area contributed by atoms with E-state index in [2.05, 4.69) is 20.6 Å². The van der Waals surface area contributed by atoms with Crippen LogP contribution in [0.1, 0.15) is 28.9 Å². The molecule has 3 aromatic rings. The Balaban J connectivity index is 1.40. The van der Waals surface area contributed by atoms with Gasteiger partial charge in [-0.15, -0.1) is 11.3 Å². The van der Waals surface area contributed by atoms with Crippen LogP contribution in [0, 0.1) is 0 Å². The van der Waals surface area contributed by atoms with Crippen molar-refractivity contribution in [1.82, 2.24) is 20.2 Å². The molecule has 2 aromatic heterocycles. The Bertz CT molecular complexity index is 1090. The highest BCUT2D eigenvalue weighted by atomic mass is 35.5. The van der Waals surface area contributed by atoms with Gasteiger partial charge >= 0.3 is 0 Å². The second-order valence-corrected chi connectivity index (χ2v) is 8.69. The molecule has 0 saturated carbocycles. The van der Waals surface area contributed by atoms with Gasteiger partial charge < -0.3 is 15.5 Å². The van der Waals surface area contributed by atoms with Gasteiger partial charge in [0.05, 0.1) is 10.0 Å². The summed E-state index contributed by atoms with van der Waals surface area (Å²) in [5.74, 6) is -0.410. The summed E-state index contributed by atoms with van der Waals surface area (Å²) in [7, 11) is 0. The molecular formula is C21H19Cl2N5O2S. The van der Waals surface area contributed by atoms with Crippen molar-refractivity contribution in [2.75, 3.05) is 11.9 Å². The Morgan fingerprint density at radius 1 is 1.16 bits per heavy atom. The molecule has 0 radical (unpaired) electrons. The summed E-state index contributed by atoms with van der Waals surface area (Å²) >= 11 is 13.3. The van der Waals surface area contributed by atoms with Crippen molar-refractivity contribution >= 4 is 57.2 Å². The molecule has 1 aliphatic rings. The van der Waals surface area contributed by atoms with Crippen LogP contribution in [0.5, 0.6) is 0 Å². The fraction of sp³-hybridized carbons (Fsp3) is 0.238. The molecule has 1 aromatic carbocycles. The summed E-state index contributed by atoms with van der Waals surface area (Å²) < 4.78 is 0. The van der Waals surface area contributed by atoms with E-state index in [-0.39, 0.29) is 11.8 Å². The van der Waals surface area contributed by atoms with E-state index >= 15 is 0 Å². The lowest BCUT2D eigenvalue weighted by Crippen LogP contribution is -2.45. The largest absolute Gasteiger partial charge is 0.350 e. The van der Waals surface area contributed by atoms with E-state index in [1.54, 1.807) is 40.9 Å². The maximum atomic E-state index is 13.0. The van der Waals surface area contributed by atoms with E-state index in [1.165, 1.54) is 11.3 Å². The molecule has 160 valence electrons. The van der Waals surface area contributed by atoms with Crippen molar-refractivity contribution in [1.29, 1.82) is 0 Å². The lowest BCUT2D eigenvalue weighted by atomic mass is 10.2. The van der Waals surface area contributed by atoms with Crippen LogP contribution in [0.4, 0.5) is 10.8 Å². The molecule has 1 atom stereocenters. The molecule has 2 N–H and O–H groups in total. The first-order chi connectivity index (χ1) is 15.0. The third kappa shape index (κ3) is 5.15. The Hall–Kier alpha value is -2.68. The smallest absolute Gasteiger partial charge is 0.274 e. The number of rotatable bonds is 6. The molecule has 2 amide bonds. The van der Waals surface area contributed by atoms with Crippen LogP contribution in [-0.4, -0.2) is 39.3 Å². The predicted octanol–water partition coefficient (Wildman–Crippen LogP) is 4.51. The van der Waals surface area contributed by atoms with Crippen molar-refractivity contribution in [3.05, 3.63) is 69.4 Å². The monoisotopic (exact) mass is 475 g/mol.